The van der Waals surface area contributed by atoms with Crippen molar-refractivity contribution in [3.05, 3.63) is 29.3 Å². The molecule has 1 aromatic carbocycles. The average molecular weight is 285 g/mol. The number of fused-ring (bicyclic) bond motifs is 1. The number of hydrogen-bond acceptors (Lipinski definition) is 4. The Bertz CT molecular complexity index is 542. The number of ether oxygens (including phenoxy) is 1. The van der Waals surface area contributed by atoms with E-state index in [1.807, 2.05) is 12.1 Å². The van der Waals surface area contributed by atoms with Crippen molar-refractivity contribution >= 4 is 10.1 Å². The number of aryl methyl sites for hydroxylation is 1. The van der Waals surface area contributed by atoms with E-state index < -0.39 is 10.1 Å². The van der Waals surface area contributed by atoms with Crippen molar-refractivity contribution in [2.45, 2.75) is 25.3 Å². The normalized spacial score (nSPS) is 18.3. The first-order valence-corrected chi connectivity index (χ1v) is 7.96. The van der Waals surface area contributed by atoms with Gasteiger partial charge in [0, 0.05) is 6.04 Å². The summed E-state index contributed by atoms with van der Waals surface area (Å²) in [5, 5.41) is 3.33. The van der Waals surface area contributed by atoms with Crippen LogP contribution in [0.25, 0.3) is 0 Å². The van der Waals surface area contributed by atoms with Crippen LogP contribution in [0.3, 0.4) is 0 Å². The molecule has 19 heavy (non-hydrogen) atoms. The van der Waals surface area contributed by atoms with Crippen LogP contribution in [0.2, 0.25) is 0 Å². The van der Waals surface area contributed by atoms with E-state index in [0.29, 0.717) is 13.0 Å². The van der Waals surface area contributed by atoms with Crippen molar-refractivity contribution < 1.29 is 17.7 Å². The van der Waals surface area contributed by atoms with Gasteiger partial charge >= 0.3 is 0 Å². The van der Waals surface area contributed by atoms with Crippen LogP contribution >= 0.6 is 0 Å². The van der Waals surface area contributed by atoms with Crippen molar-refractivity contribution in [1.82, 2.24) is 5.32 Å². The Hall–Kier alpha value is -1.11. The third-order valence-electron chi connectivity index (χ3n) is 3.40. The maximum atomic E-state index is 10.6. The zero-order chi connectivity index (χ0) is 13.9. The molecule has 0 heterocycles. The molecule has 0 aliphatic heterocycles. The van der Waals surface area contributed by atoms with Gasteiger partial charge in [0.05, 0.1) is 12.9 Å². The summed E-state index contributed by atoms with van der Waals surface area (Å²) in [5.41, 5.74) is 2.54. The number of rotatable bonds is 6. The molecule has 1 atom stereocenters. The fourth-order valence-corrected chi connectivity index (χ4v) is 2.96. The summed E-state index contributed by atoms with van der Waals surface area (Å²) in [7, 11) is -2.21. The van der Waals surface area contributed by atoms with Gasteiger partial charge < -0.3 is 10.1 Å². The summed E-state index contributed by atoms with van der Waals surface area (Å²) in [6.45, 7) is 0.571. The molecule has 0 spiro atoms. The summed E-state index contributed by atoms with van der Waals surface area (Å²) in [6.07, 6.45) is 2.44. The highest BCUT2D eigenvalue weighted by Gasteiger charge is 2.22. The van der Waals surface area contributed by atoms with Gasteiger partial charge in [0.15, 0.2) is 0 Å². The highest BCUT2D eigenvalue weighted by molar-refractivity contribution is 7.85. The predicted molar refractivity (Wildman–Crippen MR) is 73.1 cm³/mol. The van der Waals surface area contributed by atoms with E-state index in [9.17, 15) is 8.42 Å². The fourth-order valence-electron chi connectivity index (χ4n) is 2.45. The number of hydrogen-bond donors (Lipinski definition) is 2. The molecule has 0 saturated heterocycles. The Kier molecular flexibility index (Phi) is 4.44. The Balaban J connectivity index is 1.91. The van der Waals surface area contributed by atoms with E-state index in [-0.39, 0.29) is 11.8 Å². The second-order valence-electron chi connectivity index (χ2n) is 4.75. The zero-order valence-electron chi connectivity index (χ0n) is 10.9. The van der Waals surface area contributed by atoms with Crippen molar-refractivity contribution in [2.75, 3.05) is 19.4 Å². The van der Waals surface area contributed by atoms with E-state index in [0.717, 1.165) is 18.6 Å². The minimum absolute atomic E-state index is 0.197. The molecule has 0 saturated carbocycles. The summed E-state index contributed by atoms with van der Waals surface area (Å²) in [4.78, 5) is 0. The Morgan fingerprint density at radius 3 is 2.95 bits per heavy atom. The van der Waals surface area contributed by atoms with Crippen LogP contribution in [0.15, 0.2) is 18.2 Å². The number of methoxy groups -OCH3 is 1. The van der Waals surface area contributed by atoms with Crippen LogP contribution in [-0.2, 0) is 16.5 Å². The minimum Gasteiger partial charge on any atom is -0.497 e. The standard InChI is InChI=1S/C13H19NO4S/c1-18-11-5-3-10-4-6-13(12(10)9-11)14-7-2-8-19(15,16)17/h3,5,9,13-14H,2,4,6-8H2,1H3,(H,15,16,17). The molecule has 1 aliphatic rings. The predicted octanol–water partition coefficient (Wildman–Crippen LogP) is 1.55. The number of nitrogens with one attached hydrogen (secondary N) is 1. The molecule has 0 bridgehead atoms. The molecule has 2 N–H and O–H groups in total. The smallest absolute Gasteiger partial charge is 0.264 e. The first kappa shape index (κ1) is 14.3. The largest absolute Gasteiger partial charge is 0.497 e. The minimum atomic E-state index is -3.85. The molecule has 5 nitrogen and oxygen atoms in total. The fraction of sp³-hybridized carbons (Fsp3) is 0.538. The van der Waals surface area contributed by atoms with Gasteiger partial charge in [-0.2, -0.15) is 8.42 Å². The van der Waals surface area contributed by atoms with Gasteiger partial charge in [-0.25, -0.2) is 0 Å². The lowest BCUT2D eigenvalue weighted by atomic mass is 10.1. The molecule has 1 aromatic rings. The maximum Gasteiger partial charge on any atom is 0.264 e. The summed E-state index contributed by atoms with van der Waals surface area (Å²) in [6, 6.07) is 6.31. The molecule has 0 aromatic heterocycles. The van der Waals surface area contributed by atoms with Gasteiger partial charge in [-0.1, -0.05) is 6.07 Å². The summed E-state index contributed by atoms with van der Waals surface area (Å²) >= 11 is 0. The van der Waals surface area contributed by atoms with Gasteiger partial charge in [-0.05, 0) is 49.1 Å². The Morgan fingerprint density at radius 1 is 1.47 bits per heavy atom. The van der Waals surface area contributed by atoms with Crippen LogP contribution in [0, 0.1) is 0 Å². The molecule has 0 amide bonds. The quantitative estimate of drug-likeness (QED) is 0.612. The summed E-state index contributed by atoms with van der Waals surface area (Å²) in [5.74, 6) is 0.642. The first-order valence-electron chi connectivity index (χ1n) is 6.35. The zero-order valence-corrected chi connectivity index (χ0v) is 11.7. The molecule has 1 aliphatic carbocycles. The van der Waals surface area contributed by atoms with Crippen LogP contribution < -0.4 is 10.1 Å². The molecule has 6 heteroatoms. The van der Waals surface area contributed by atoms with Crippen LogP contribution in [0.1, 0.15) is 30.0 Å². The van der Waals surface area contributed by atoms with Crippen LogP contribution in [-0.4, -0.2) is 32.4 Å². The second-order valence-corrected chi connectivity index (χ2v) is 6.32. The summed E-state index contributed by atoms with van der Waals surface area (Å²) < 4.78 is 35.1. The Labute approximate surface area is 113 Å². The maximum absolute atomic E-state index is 10.6. The van der Waals surface area contributed by atoms with Gasteiger partial charge in [0.25, 0.3) is 10.1 Å². The van der Waals surface area contributed by atoms with E-state index >= 15 is 0 Å². The highest BCUT2D eigenvalue weighted by Crippen LogP contribution is 2.33. The van der Waals surface area contributed by atoms with E-state index in [2.05, 4.69) is 11.4 Å². The van der Waals surface area contributed by atoms with E-state index in [1.54, 1.807) is 7.11 Å². The van der Waals surface area contributed by atoms with Crippen molar-refractivity contribution in [2.24, 2.45) is 0 Å². The van der Waals surface area contributed by atoms with Crippen molar-refractivity contribution in [3.8, 4) is 5.75 Å². The average Bonchev–Trinajstić information content (AvgIpc) is 2.76. The van der Waals surface area contributed by atoms with Gasteiger partial charge in [0.1, 0.15) is 5.75 Å². The molecular weight excluding hydrogens is 266 g/mol. The molecule has 0 fully saturated rings. The molecule has 1 unspecified atom stereocenters. The second kappa shape index (κ2) is 5.90. The third kappa shape index (κ3) is 3.92. The lowest BCUT2D eigenvalue weighted by molar-refractivity contribution is 0.413. The lowest BCUT2D eigenvalue weighted by Crippen LogP contribution is -2.22. The molecule has 2 rings (SSSR count). The van der Waals surface area contributed by atoms with Gasteiger partial charge in [-0.15, -0.1) is 0 Å². The third-order valence-corrected chi connectivity index (χ3v) is 4.21. The molecule has 106 valence electrons. The first-order chi connectivity index (χ1) is 8.99. The van der Waals surface area contributed by atoms with E-state index in [4.69, 9.17) is 9.29 Å². The molecular formula is C13H19NO4S. The van der Waals surface area contributed by atoms with Crippen molar-refractivity contribution in [3.63, 3.8) is 0 Å². The number of benzene rings is 1. The SMILES string of the molecule is COc1ccc2c(c1)C(NCCCS(=O)(=O)O)CC2. The topological polar surface area (TPSA) is 75.6 Å². The van der Waals surface area contributed by atoms with Gasteiger partial charge in [-0.3, -0.25) is 4.55 Å². The molecule has 0 radical (unpaired) electrons. The van der Waals surface area contributed by atoms with Crippen molar-refractivity contribution in [1.29, 1.82) is 0 Å². The van der Waals surface area contributed by atoms with Crippen LogP contribution in [0.4, 0.5) is 0 Å². The highest BCUT2D eigenvalue weighted by atomic mass is 32.2. The van der Waals surface area contributed by atoms with Gasteiger partial charge in [0.2, 0.25) is 0 Å². The Morgan fingerprint density at radius 2 is 2.26 bits per heavy atom. The monoisotopic (exact) mass is 285 g/mol. The lowest BCUT2D eigenvalue weighted by Gasteiger charge is -2.14. The van der Waals surface area contributed by atoms with E-state index in [1.165, 1.54) is 11.1 Å². The van der Waals surface area contributed by atoms with Crippen LogP contribution in [0.5, 0.6) is 5.75 Å².